The largest absolute Gasteiger partial charge is 0.0985 e. The Morgan fingerprint density at radius 3 is 1.81 bits per heavy atom. The van der Waals surface area contributed by atoms with Crippen molar-refractivity contribution in [2.45, 2.75) is 13.3 Å². The van der Waals surface area contributed by atoms with Gasteiger partial charge in [-0.2, -0.15) is 0 Å². The molecule has 2 rings (SSSR count). The van der Waals surface area contributed by atoms with Gasteiger partial charge in [-0.25, -0.2) is 0 Å². The number of rotatable bonds is 3. The van der Waals surface area contributed by atoms with Crippen molar-refractivity contribution in [1.29, 1.82) is 0 Å². The molecular weight excluding hydrogens is 192 g/mol. The quantitative estimate of drug-likeness (QED) is 0.693. The van der Waals surface area contributed by atoms with Crippen molar-refractivity contribution in [3.8, 4) is 11.1 Å². The van der Waals surface area contributed by atoms with E-state index in [1.54, 1.807) is 0 Å². The Kier molecular flexibility index (Phi) is 3.21. The van der Waals surface area contributed by atoms with Gasteiger partial charge in [0.15, 0.2) is 0 Å². The average Bonchev–Trinajstić information content (AvgIpc) is 2.39. The normalized spacial score (nSPS) is 10.1. The van der Waals surface area contributed by atoms with Gasteiger partial charge in [0.2, 0.25) is 0 Å². The predicted octanol–water partition coefficient (Wildman–Crippen LogP) is 4.56. The van der Waals surface area contributed by atoms with Crippen LogP contribution < -0.4 is 0 Å². The molecule has 0 nitrogen and oxygen atoms in total. The number of benzene rings is 2. The van der Waals surface area contributed by atoms with Gasteiger partial charge in [-0.15, -0.1) is 0 Å². The standard InChI is InChI=1S/C16H16/c1-3-13-5-9-15(10-6-13)16-11-7-14(4-2)8-12-16/h3,5-12H,1,4H2,2H3. The Balaban J connectivity index is 2.31. The molecule has 0 aliphatic carbocycles. The summed E-state index contributed by atoms with van der Waals surface area (Å²) in [5.41, 5.74) is 5.07. The summed E-state index contributed by atoms with van der Waals surface area (Å²) in [6.45, 7) is 5.93. The highest BCUT2D eigenvalue weighted by Gasteiger charge is 1.97. The lowest BCUT2D eigenvalue weighted by Crippen LogP contribution is -1.81. The van der Waals surface area contributed by atoms with Gasteiger partial charge in [-0.1, -0.05) is 68.1 Å². The second-order valence-corrected chi connectivity index (χ2v) is 3.88. The van der Waals surface area contributed by atoms with Crippen LogP contribution >= 0.6 is 0 Å². The van der Waals surface area contributed by atoms with E-state index in [1.807, 2.05) is 6.08 Å². The van der Waals surface area contributed by atoms with Gasteiger partial charge in [0.05, 0.1) is 0 Å². The summed E-state index contributed by atoms with van der Waals surface area (Å²) in [4.78, 5) is 0. The summed E-state index contributed by atoms with van der Waals surface area (Å²) >= 11 is 0. The summed E-state index contributed by atoms with van der Waals surface area (Å²) in [7, 11) is 0. The van der Waals surface area contributed by atoms with Gasteiger partial charge in [-0.3, -0.25) is 0 Å². The van der Waals surface area contributed by atoms with Gasteiger partial charge in [0, 0.05) is 0 Å². The van der Waals surface area contributed by atoms with E-state index in [1.165, 1.54) is 16.7 Å². The van der Waals surface area contributed by atoms with Crippen molar-refractivity contribution >= 4 is 6.08 Å². The van der Waals surface area contributed by atoms with E-state index in [4.69, 9.17) is 0 Å². The molecule has 0 amide bonds. The molecule has 0 saturated heterocycles. The minimum Gasteiger partial charge on any atom is -0.0985 e. The molecule has 0 aliphatic rings. The smallest absolute Gasteiger partial charge is 0.0184 e. The lowest BCUT2D eigenvalue weighted by Gasteiger charge is -2.03. The van der Waals surface area contributed by atoms with Crippen LogP contribution in [0.5, 0.6) is 0 Å². The second-order valence-electron chi connectivity index (χ2n) is 3.88. The molecular formula is C16H16. The maximum atomic E-state index is 3.76. The van der Waals surface area contributed by atoms with Crippen LogP contribution in [0.25, 0.3) is 17.2 Å². The Morgan fingerprint density at radius 2 is 1.38 bits per heavy atom. The van der Waals surface area contributed by atoms with Crippen LogP contribution in [0.3, 0.4) is 0 Å². The van der Waals surface area contributed by atoms with Crippen LogP contribution in [0.1, 0.15) is 18.1 Å². The Bertz CT molecular complexity index is 460. The first-order valence-electron chi connectivity index (χ1n) is 5.65. The zero-order valence-electron chi connectivity index (χ0n) is 9.61. The molecule has 0 saturated carbocycles. The zero-order chi connectivity index (χ0) is 11.4. The second kappa shape index (κ2) is 4.80. The van der Waals surface area contributed by atoms with E-state index < -0.39 is 0 Å². The molecule has 0 aromatic heterocycles. The molecule has 0 spiro atoms. The highest BCUT2D eigenvalue weighted by atomic mass is 14.0. The van der Waals surface area contributed by atoms with Gasteiger partial charge in [0.1, 0.15) is 0 Å². The topological polar surface area (TPSA) is 0 Å². The fraction of sp³-hybridized carbons (Fsp3) is 0.125. The van der Waals surface area contributed by atoms with E-state index in [2.05, 4.69) is 62.0 Å². The van der Waals surface area contributed by atoms with Crippen molar-refractivity contribution in [2.75, 3.05) is 0 Å². The third kappa shape index (κ3) is 2.22. The van der Waals surface area contributed by atoms with Crippen LogP contribution in [0.2, 0.25) is 0 Å². The van der Waals surface area contributed by atoms with Crippen LogP contribution in [0.4, 0.5) is 0 Å². The van der Waals surface area contributed by atoms with Gasteiger partial charge >= 0.3 is 0 Å². The van der Waals surface area contributed by atoms with Gasteiger partial charge < -0.3 is 0 Å². The molecule has 16 heavy (non-hydrogen) atoms. The highest BCUT2D eigenvalue weighted by molar-refractivity contribution is 5.65. The van der Waals surface area contributed by atoms with Crippen LogP contribution in [0.15, 0.2) is 55.1 Å². The van der Waals surface area contributed by atoms with Crippen LogP contribution in [-0.2, 0) is 6.42 Å². The van der Waals surface area contributed by atoms with E-state index in [0.29, 0.717) is 0 Å². The maximum absolute atomic E-state index is 3.76. The van der Waals surface area contributed by atoms with Gasteiger partial charge in [-0.05, 0) is 28.7 Å². The molecule has 0 heterocycles. The van der Waals surface area contributed by atoms with Crippen molar-refractivity contribution in [1.82, 2.24) is 0 Å². The number of aryl methyl sites for hydroxylation is 1. The Labute approximate surface area is 97.3 Å². The molecule has 0 radical (unpaired) electrons. The average molecular weight is 208 g/mol. The zero-order valence-corrected chi connectivity index (χ0v) is 9.61. The molecule has 0 bridgehead atoms. The summed E-state index contributed by atoms with van der Waals surface area (Å²) in [6, 6.07) is 17.2. The van der Waals surface area contributed by atoms with E-state index in [9.17, 15) is 0 Å². The molecule has 0 aliphatic heterocycles. The summed E-state index contributed by atoms with van der Waals surface area (Å²) < 4.78 is 0. The molecule has 0 atom stereocenters. The van der Waals surface area contributed by atoms with Crippen molar-refractivity contribution in [2.24, 2.45) is 0 Å². The minimum atomic E-state index is 1.09. The Morgan fingerprint density at radius 1 is 0.875 bits per heavy atom. The first kappa shape index (κ1) is 10.7. The van der Waals surface area contributed by atoms with Crippen LogP contribution in [-0.4, -0.2) is 0 Å². The molecule has 0 N–H and O–H groups in total. The molecule has 0 unspecified atom stereocenters. The third-order valence-electron chi connectivity index (χ3n) is 2.84. The van der Waals surface area contributed by atoms with Crippen molar-refractivity contribution in [3.63, 3.8) is 0 Å². The molecule has 2 aromatic carbocycles. The number of hydrogen-bond acceptors (Lipinski definition) is 0. The Hall–Kier alpha value is -1.82. The van der Waals surface area contributed by atoms with Crippen molar-refractivity contribution in [3.05, 3.63) is 66.2 Å². The van der Waals surface area contributed by atoms with E-state index >= 15 is 0 Å². The van der Waals surface area contributed by atoms with E-state index in [-0.39, 0.29) is 0 Å². The summed E-state index contributed by atoms with van der Waals surface area (Å²) in [6.07, 6.45) is 2.96. The molecule has 0 heteroatoms. The molecule has 80 valence electrons. The number of hydrogen-bond donors (Lipinski definition) is 0. The van der Waals surface area contributed by atoms with Gasteiger partial charge in [0.25, 0.3) is 0 Å². The van der Waals surface area contributed by atoms with E-state index in [0.717, 1.165) is 12.0 Å². The van der Waals surface area contributed by atoms with Crippen molar-refractivity contribution < 1.29 is 0 Å². The fourth-order valence-corrected chi connectivity index (χ4v) is 1.74. The molecule has 0 fully saturated rings. The third-order valence-corrected chi connectivity index (χ3v) is 2.84. The minimum absolute atomic E-state index is 1.09. The highest BCUT2D eigenvalue weighted by Crippen LogP contribution is 2.20. The lowest BCUT2D eigenvalue weighted by molar-refractivity contribution is 1.14. The first-order chi connectivity index (χ1) is 7.83. The lowest BCUT2D eigenvalue weighted by atomic mass is 10.0. The maximum Gasteiger partial charge on any atom is -0.0184 e. The monoisotopic (exact) mass is 208 g/mol. The fourth-order valence-electron chi connectivity index (χ4n) is 1.74. The summed E-state index contributed by atoms with van der Waals surface area (Å²) in [5.74, 6) is 0. The van der Waals surface area contributed by atoms with Crippen LogP contribution in [0, 0.1) is 0 Å². The first-order valence-corrected chi connectivity index (χ1v) is 5.65. The SMILES string of the molecule is C=Cc1ccc(-c2ccc(CC)cc2)cc1. The molecule has 2 aromatic rings. The summed E-state index contributed by atoms with van der Waals surface area (Å²) in [5, 5.41) is 0. The predicted molar refractivity (Wildman–Crippen MR) is 71.3 cm³/mol.